The Morgan fingerprint density at radius 1 is 1.33 bits per heavy atom. The Morgan fingerprint density at radius 3 is 2.89 bits per heavy atom. The monoisotopic (exact) mass is 260 g/mol. The van der Waals surface area contributed by atoms with E-state index in [9.17, 15) is 0 Å². The number of H-pyrrole nitrogens is 1. The van der Waals surface area contributed by atoms with Gasteiger partial charge < -0.3 is 4.52 Å². The van der Waals surface area contributed by atoms with Gasteiger partial charge in [0.05, 0.1) is 6.54 Å². The molecule has 0 aliphatic carbocycles. The summed E-state index contributed by atoms with van der Waals surface area (Å²) in [7, 11) is 0. The zero-order chi connectivity index (χ0) is 12.4. The molecule has 8 heteroatoms. The maximum Gasteiger partial charge on any atom is 0.213 e. The van der Waals surface area contributed by atoms with Crippen molar-refractivity contribution in [3.8, 4) is 11.4 Å². The van der Waals surface area contributed by atoms with Crippen LogP contribution >= 0.6 is 12.2 Å². The van der Waals surface area contributed by atoms with Crippen LogP contribution in [-0.4, -0.2) is 29.9 Å². The standard InChI is InChI=1S/C10H8N6OS/c18-10-14-13-9(7-1-3-11-4-2-7)16(10)5-8-12-6-17-15-8/h1-4,6H,5H2,(H,14,18). The molecule has 0 radical (unpaired) electrons. The lowest BCUT2D eigenvalue weighted by Gasteiger charge is -2.03. The molecule has 3 aromatic rings. The van der Waals surface area contributed by atoms with Gasteiger partial charge in [-0.1, -0.05) is 5.16 Å². The summed E-state index contributed by atoms with van der Waals surface area (Å²) >= 11 is 5.19. The molecule has 0 saturated heterocycles. The van der Waals surface area contributed by atoms with Crippen LogP contribution in [0.3, 0.4) is 0 Å². The number of aromatic nitrogens is 6. The molecule has 90 valence electrons. The second-order valence-corrected chi connectivity index (χ2v) is 3.91. The predicted octanol–water partition coefficient (Wildman–Crippen LogP) is 1.43. The first-order valence-electron chi connectivity index (χ1n) is 5.15. The van der Waals surface area contributed by atoms with Crippen molar-refractivity contribution in [3.05, 3.63) is 41.5 Å². The molecule has 0 atom stereocenters. The Morgan fingerprint density at radius 2 is 2.17 bits per heavy atom. The number of pyridine rings is 1. The second-order valence-electron chi connectivity index (χ2n) is 3.52. The third-order valence-electron chi connectivity index (χ3n) is 2.40. The first-order chi connectivity index (χ1) is 8.84. The SMILES string of the molecule is S=c1[nH]nc(-c2ccncc2)n1Cc1ncon1. The lowest BCUT2D eigenvalue weighted by molar-refractivity contribution is 0.408. The van der Waals surface area contributed by atoms with Crippen LogP contribution in [0.25, 0.3) is 11.4 Å². The zero-order valence-electron chi connectivity index (χ0n) is 9.15. The highest BCUT2D eigenvalue weighted by Crippen LogP contribution is 2.16. The number of hydrogen-bond donors (Lipinski definition) is 1. The fraction of sp³-hybridized carbons (Fsp3) is 0.100. The predicted molar refractivity (Wildman–Crippen MR) is 64.0 cm³/mol. The van der Waals surface area contributed by atoms with Gasteiger partial charge in [0.25, 0.3) is 0 Å². The molecule has 3 aromatic heterocycles. The average molecular weight is 260 g/mol. The van der Waals surface area contributed by atoms with Gasteiger partial charge in [0.15, 0.2) is 16.4 Å². The topological polar surface area (TPSA) is 85.4 Å². The van der Waals surface area contributed by atoms with Crippen LogP contribution in [-0.2, 0) is 6.54 Å². The third kappa shape index (κ3) is 1.93. The molecule has 0 fully saturated rings. The molecule has 7 nitrogen and oxygen atoms in total. The average Bonchev–Trinajstić information content (AvgIpc) is 3.03. The van der Waals surface area contributed by atoms with E-state index in [4.69, 9.17) is 16.7 Å². The van der Waals surface area contributed by atoms with E-state index in [1.54, 1.807) is 17.0 Å². The molecule has 0 unspecified atom stereocenters. The normalized spacial score (nSPS) is 10.7. The van der Waals surface area contributed by atoms with Gasteiger partial charge in [-0.25, -0.2) is 0 Å². The van der Waals surface area contributed by atoms with E-state index in [2.05, 4.69) is 25.3 Å². The fourth-order valence-electron chi connectivity index (χ4n) is 1.59. The molecule has 0 amide bonds. The van der Waals surface area contributed by atoms with Crippen molar-refractivity contribution in [1.29, 1.82) is 0 Å². The minimum Gasteiger partial charge on any atom is -0.343 e. The summed E-state index contributed by atoms with van der Waals surface area (Å²) in [6, 6.07) is 3.72. The first kappa shape index (κ1) is 10.8. The Balaban J connectivity index is 2.04. The molecule has 0 spiro atoms. The number of nitrogens with zero attached hydrogens (tertiary/aromatic N) is 5. The van der Waals surface area contributed by atoms with Gasteiger partial charge in [-0.2, -0.15) is 10.1 Å². The van der Waals surface area contributed by atoms with Crippen LogP contribution in [0.15, 0.2) is 35.4 Å². The van der Waals surface area contributed by atoms with Crippen molar-refractivity contribution in [1.82, 2.24) is 29.9 Å². The lowest BCUT2D eigenvalue weighted by atomic mass is 10.2. The van der Waals surface area contributed by atoms with Gasteiger partial charge in [-0.15, -0.1) is 0 Å². The fourth-order valence-corrected chi connectivity index (χ4v) is 1.79. The highest BCUT2D eigenvalue weighted by molar-refractivity contribution is 7.71. The minimum absolute atomic E-state index is 0.406. The van der Waals surface area contributed by atoms with Crippen LogP contribution < -0.4 is 0 Å². The van der Waals surface area contributed by atoms with Gasteiger partial charge in [-0.05, 0) is 24.4 Å². The number of rotatable bonds is 3. The van der Waals surface area contributed by atoms with Crippen LogP contribution in [0.5, 0.6) is 0 Å². The van der Waals surface area contributed by atoms with Gasteiger partial charge in [0, 0.05) is 18.0 Å². The Hall–Kier alpha value is -2.35. The molecule has 18 heavy (non-hydrogen) atoms. The van der Waals surface area contributed by atoms with Crippen LogP contribution in [0.4, 0.5) is 0 Å². The molecule has 0 aliphatic heterocycles. The lowest BCUT2D eigenvalue weighted by Crippen LogP contribution is -2.04. The summed E-state index contributed by atoms with van der Waals surface area (Å²) in [6.45, 7) is 0.406. The molecular formula is C10H8N6OS. The van der Waals surface area contributed by atoms with E-state index in [0.717, 1.165) is 5.56 Å². The van der Waals surface area contributed by atoms with E-state index in [1.807, 2.05) is 12.1 Å². The molecular weight excluding hydrogens is 252 g/mol. The highest BCUT2D eigenvalue weighted by Gasteiger charge is 2.10. The minimum atomic E-state index is 0.406. The van der Waals surface area contributed by atoms with Crippen molar-refractivity contribution >= 4 is 12.2 Å². The highest BCUT2D eigenvalue weighted by atomic mass is 32.1. The molecule has 1 N–H and O–H groups in total. The van der Waals surface area contributed by atoms with Crippen LogP contribution in [0, 0.1) is 4.77 Å². The summed E-state index contributed by atoms with van der Waals surface area (Å²) in [4.78, 5) is 7.94. The smallest absolute Gasteiger partial charge is 0.213 e. The Bertz CT molecular complexity index is 687. The van der Waals surface area contributed by atoms with Gasteiger partial charge in [-0.3, -0.25) is 14.6 Å². The van der Waals surface area contributed by atoms with Gasteiger partial charge in [0.2, 0.25) is 6.39 Å². The molecule has 0 saturated carbocycles. The number of aromatic amines is 1. The maximum atomic E-state index is 5.19. The summed E-state index contributed by atoms with van der Waals surface area (Å²) in [5, 5.41) is 10.7. The third-order valence-corrected chi connectivity index (χ3v) is 2.71. The van der Waals surface area contributed by atoms with Gasteiger partial charge in [0.1, 0.15) is 0 Å². The quantitative estimate of drug-likeness (QED) is 0.717. The number of hydrogen-bond acceptors (Lipinski definition) is 6. The van der Waals surface area contributed by atoms with Crippen molar-refractivity contribution in [2.24, 2.45) is 0 Å². The molecule has 0 aliphatic rings. The van der Waals surface area contributed by atoms with Crippen molar-refractivity contribution in [3.63, 3.8) is 0 Å². The van der Waals surface area contributed by atoms with Crippen LogP contribution in [0.2, 0.25) is 0 Å². The van der Waals surface area contributed by atoms with E-state index in [-0.39, 0.29) is 0 Å². The Kier molecular flexibility index (Phi) is 2.69. The molecule has 3 heterocycles. The largest absolute Gasteiger partial charge is 0.343 e. The van der Waals surface area contributed by atoms with E-state index in [1.165, 1.54) is 6.39 Å². The zero-order valence-corrected chi connectivity index (χ0v) is 9.96. The summed E-state index contributed by atoms with van der Waals surface area (Å²) in [5.41, 5.74) is 0.917. The van der Waals surface area contributed by atoms with E-state index < -0.39 is 0 Å². The summed E-state index contributed by atoms with van der Waals surface area (Å²) < 4.78 is 7.01. The molecule has 0 bridgehead atoms. The molecule has 0 aromatic carbocycles. The van der Waals surface area contributed by atoms with Crippen molar-refractivity contribution in [2.75, 3.05) is 0 Å². The van der Waals surface area contributed by atoms with E-state index in [0.29, 0.717) is 23.0 Å². The van der Waals surface area contributed by atoms with Crippen molar-refractivity contribution in [2.45, 2.75) is 6.54 Å². The van der Waals surface area contributed by atoms with Crippen molar-refractivity contribution < 1.29 is 4.52 Å². The summed E-state index contributed by atoms with van der Waals surface area (Å²) in [5.74, 6) is 1.26. The Labute approximate surface area is 107 Å². The van der Waals surface area contributed by atoms with E-state index >= 15 is 0 Å². The maximum absolute atomic E-state index is 5.19. The molecule has 3 rings (SSSR count). The second kappa shape index (κ2) is 4.49. The summed E-state index contributed by atoms with van der Waals surface area (Å²) in [6.07, 6.45) is 4.68. The van der Waals surface area contributed by atoms with Crippen LogP contribution in [0.1, 0.15) is 5.82 Å². The van der Waals surface area contributed by atoms with Gasteiger partial charge >= 0.3 is 0 Å². The first-order valence-corrected chi connectivity index (χ1v) is 5.56. The number of nitrogens with one attached hydrogen (secondary N) is 1.